The summed E-state index contributed by atoms with van der Waals surface area (Å²) in [5.74, 6) is -0.884. The number of hydrogen-bond donors (Lipinski definition) is 5. The second kappa shape index (κ2) is 8.92. The average Bonchev–Trinajstić information content (AvgIpc) is 2.96. The third-order valence-corrected chi connectivity index (χ3v) is 5.15. The topological polar surface area (TPSA) is 88.7 Å². The van der Waals surface area contributed by atoms with Gasteiger partial charge in [-0.15, -0.1) is 0 Å². The van der Waals surface area contributed by atoms with Crippen LogP contribution in [0.1, 0.15) is 35.4 Å². The number of benzene rings is 1. The van der Waals surface area contributed by atoms with Crippen molar-refractivity contribution in [3.63, 3.8) is 0 Å². The number of rotatable bonds is 2. The number of nitrogens with zero attached hydrogens (tertiary/aromatic N) is 1. The van der Waals surface area contributed by atoms with Gasteiger partial charge in [-0.25, -0.2) is 4.79 Å². The monoisotopic (exact) mass is 361 g/mol. The molecule has 0 aliphatic carbocycles. The van der Waals surface area contributed by atoms with E-state index in [1.165, 1.54) is 0 Å². The van der Waals surface area contributed by atoms with E-state index in [-0.39, 0.29) is 11.7 Å². The van der Waals surface area contributed by atoms with Gasteiger partial charge in [0.1, 0.15) is 0 Å². The van der Waals surface area contributed by atoms with E-state index in [1.54, 1.807) is 12.1 Å². The molecule has 26 heavy (non-hydrogen) atoms. The quantitative estimate of drug-likeness (QED) is 0.515. The summed E-state index contributed by atoms with van der Waals surface area (Å²) < 4.78 is 0. The Balaban J connectivity index is 1.73. The highest BCUT2D eigenvalue weighted by atomic mass is 16.4. The van der Waals surface area contributed by atoms with Crippen LogP contribution >= 0.6 is 0 Å². The molecule has 7 nitrogen and oxygen atoms in total. The van der Waals surface area contributed by atoms with Gasteiger partial charge in [-0.2, -0.15) is 0 Å². The van der Waals surface area contributed by atoms with Gasteiger partial charge >= 0.3 is 5.97 Å². The van der Waals surface area contributed by atoms with Crippen LogP contribution in [0.25, 0.3) is 0 Å². The highest BCUT2D eigenvalue weighted by Gasteiger charge is 2.40. The zero-order valence-electron chi connectivity index (χ0n) is 15.6. The second-order valence-electron chi connectivity index (χ2n) is 7.54. The fourth-order valence-corrected chi connectivity index (χ4v) is 3.78. The molecule has 1 aromatic rings. The molecule has 1 aromatic carbocycles. The molecular weight excluding hydrogens is 330 g/mol. The molecule has 1 unspecified atom stereocenters. The summed E-state index contributed by atoms with van der Waals surface area (Å²) in [6.45, 7) is 10.1. The number of carboxylic acid groups (broad SMARTS) is 1. The molecule has 2 aliphatic heterocycles. The first-order chi connectivity index (χ1) is 12.6. The van der Waals surface area contributed by atoms with Gasteiger partial charge in [-0.05, 0) is 44.1 Å². The smallest absolute Gasteiger partial charge is 0.335 e. The predicted octanol–water partition coefficient (Wildman–Crippen LogP) is 0.220. The molecule has 0 aromatic heterocycles. The standard InChI is InChI=1S/C19H31N5O2/c1-19-13-22-10-9-20-7-2-8-21-11-12-24(14-19)17(23-19)15-3-5-16(6-4-15)18(25)26/h3-6,17,20-23H,2,7-14H2,1H3,(H,25,26)/t17-,19-/m1/s1. The van der Waals surface area contributed by atoms with Crippen molar-refractivity contribution in [1.29, 1.82) is 0 Å². The molecule has 2 bridgehead atoms. The van der Waals surface area contributed by atoms with Gasteiger partial charge in [0, 0.05) is 44.8 Å². The summed E-state index contributed by atoms with van der Waals surface area (Å²) in [5, 5.41) is 23.4. The van der Waals surface area contributed by atoms with Gasteiger partial charge in [-0.1, -0.05) is 12.1 Å². The molecule has 0 amide bonds. The van der Waals surface area contributed by atoms with Crippen molar-refractivity contribution in [2.75, 3.05) is 52.4 Å². The fraction of sp³-hybridized carbons (Fsp3) is 0.632. The first-order valence-corrected chi connectivity index (χ1v) is 9.55. The lowest BCUT2D eigenvalue weighted by Crippen LogP contribution is -2.49. The van der Waals surface area contributed by atoms with E-state index in [9.17, 15) is 4.79 Å². The van der Waals surface area contributed by atoms with Crippen molar-refractivity contribution >= 4 is 5.97 Å². The lowest BCUT2D eigenvalue weighted by Gasteiger charge is -2.25. The van der Waals surface area contributed by atoms with Crippen molar-refractivity contribution in [2.24, 2.45) is 0 Å². The largest absolute Gasteiger partial charge is 0.478 e. The highest BCUT2D eigenvalue weighted by molar-refractivity contribution is 5.87. The summed E-state index contributed by atoms with van der Waals surface area (Å²) in [6, 6.07) is 7.24. The minimum Gasteiger partial charge on any atom is -0.478 e. The molecule has 0 spiro atoms. The van der Waals surface area contributed by atoms with E-state index in [0.717, 1.165) is 64.3 Å². The van der Waals surface area contributed by atoms with E-state index in [2.05, 4.69) is 33.1 Å². The Morgan fingerprint density at radius 3 is 2.50 bits per heavy atom. The van der Waals surface area contributed by atoms with Gasteiger partial charge in [0.25, 0.3) is 0 Å². The normalized spacial score (nSPS) is 31.3. The predicted molar refractivity (Wildman–Crippen MR) is 102 cm³/mol. The molecule has 2 aliphatic rings. The van der Waals surface area contributed by atoms with Crippen LogP contribution < -0.4 is 21.3 Å². The molecule has 3 rings (SSSR count). The van der Waals surface area contributed by atoms with Crippen LogP contribution in [0.4, 0.5) is 0 Å². The van der Waals surface area contributed by atoms with Crippen LogP contribution in [0, 0.1) is 0 Å². The van der Waals surface area contributed by atoms with Gasteiger partial charge in [-0.3, -0.25) is 10.2 Å². The fourth-order valence-electron chi connectivity index (χ4n) is 3.78. The third kappa shape index (κ3) is 5.02. The summed E-state index contributed by atoms with van der Waals surface area (Å²) in [7, 11) is 0. The summed E-state index contributed by atoms with van der Waals surface area (Å²) >= 11 is 0. The Morgan fingerprint density at radius 2 is 1.77 bits per heavy atom. The van der Waals surface area contributed by atoms with Crippen molar-refractivity contribution in [1.82, 2.24) is 26.2 Å². The van der Waals surface area contributed by atoms with Gasteiger partial charge in [0.15, 0.2) is 0 Å². The minimum absolute atomic E-state index is 0.0136. The lowest BCUT2D eigenvalue weighted by molar-refractivity contribution is 0.0697. The number of aromatic carboxylic acids is 1. The molecule has 0 radical (unpaired) electrons. The first-order valence-electron chi connectivity index (χ1n) is 9.55. The molecule has 144 valence electrons. The maximum absolute atomic E-state index is 11.1. The Bertz CT molecular complexity index is 594. The van der Waals surface area contributed by atoms with Crippen LogP contribution in [0.3, 0.4) is 0 Å². The summed E-state index contributed by atoms with van der Waals surface area (Å²) in [4.78, 5) is 13.6. The average molecular weight is 361 g/mol. The van der Waals surface area contributed by atoms with E-state index >= 15 is 0 Å². The van der Waals surface area contributed by atoms with Crippen LogP contribution in [-0.4, -0.2) is 73.9 Å². The minimum atomic E-state index is -0.884. The Labute approximate surface area is 155 Å². The van der Waals surface area contributed by atoms with Gasteiger partial charge < -0.3 is 21.1 Å². The van der Waals surface area contributed by atoms with Crippen molar-refractivity contribution in [2.45, 2.75) is 25.0 Å². The SMILES string of the molecule is C[C@@]12CNCCNCCCNCCN(C1)[C@H](c1ccc(C(=O)O)cc1)N2. The molecule has 2 saturated heterocycles. The maximum Gasteiger partial charge on any atom is 0.335 e. The Morgan fingerprint density at radius 1 is 1.08 bits per heavy atom. The molecule has 5 N–H and O–H groups in total. The van der Waals surface area contributed by atoms with Crippen LogP contribution in [0.2, 0.25) is 0 Å². The summed E-state index contributed by atoms with van der Waals surface area (Å²) in [6.07, 6.45) is 1.24. The number of nitrogens with one attached hydrogen (secondary N) is 4. The number of carboxylic acids is 1. The molecule has 0 saturated carbocycles. The van der Waals surface area contributed by atoms with Crippen LogP contribution in [-0.2, 0) is 0 Å². The molecule has 2 heterocycles. The van der Waals surface area contributed by atoms with E-state index in [4.69, 9.17) is 5.11 Å². The zero-order chi connectivity index (χ0) is 18.4. The third-order valence-electron chi connectivity index (χ3n) is 5.15. The van der Waals surface area contributed by atoms with Gasteiger partial charge in [0.2, 0.25) is 0 Å². The molecule has 3 atom stereocenters. The van der Waals surface area contributed by atoms with Gasteiger partial charge in [0.05, 0.1) is 11.7 Å². The molecule has 7 heteroatoms. The Kier molecular flexibility index (Phi) is 6.61. The zero-order valence-corrected chi connectivity index (χ0v) is 15.6. The van der Waals surface area contributed by atoms with E-state index in [0.29, 0.717) is 5.56 Å². The molecular formula is C19H31N5O2. The second-order valence-corrected chi connectivity index (χ2v) is 7.54. The van der Waals surface area contributed by atoms with Crippen molar-refractivity contribution in [3.8, 4) is 0 Å². The number of hydrogen-bond acceptors (Lipinski definition) is 6. The maximum atomic E-state index is 11.1. The lowest BCUT2D eigenvalue weighted by atomic mass is 10.0. The van der Waals surface area contributed by atoms with E-state index in [1.807, 2.05) is 12.1 Å². The molecule has 2 fully saturated rings. The first kappa shape index (κ1) is 19.3. The highest BCUT2D eigenvalue weighted by Crippen LogP contribution is 2.29. The van der Waals surface area contributed by atoms with E-state index < -0.39 is 5.97 Å². The number of carbonyl (C=O) groups is 1. The Hall–Kier alpha value is -1.51. The summed E-state index contributed by atoms with van der Waals surface area (Å²) in [5.41, 5.74) is 1.43. The van der Waals surface area contributed by atoms with Crippen LogP contribution in [0.15, 0.2) is 24.3 Å². The van der Waals surface area contributed by atoms with Crippen LogP contribution in [0.5, 0.6) is 0 Å². The number of fused-ring (bicyclic) bond motifs is 2. The van der Waals surface area contributed by atoms with Crippen molar-refractivity contribution in [3.05, 3.63) is 35.4 Å². The van der Waals surface area contributed by atoms with Crippen molar-refractivity contribution < 1.29 is 9.90 Å².